The number of carbonyl (C=O) groups excluding carboxylic acids is 1. The number of piperazine rings is 1. The third-order valence-electron chi connectivity index (χ3n) is 6.75. The molecule has 1 amide bonds. The van der Waals surface area contributed by atoms with E-state index in [1.54, 1.807) is 13.2 Å². The molecule has 34 heavy (non-hydrogen) atoms. The lowest BCUT2D eigenvalue weighted by Gasteiger charge is -2.34. The van der Waals surface area contributed by atoms with Crippen molar-refractivity contribution in [1.82, 2.24) is 14.4 Å². The van der Waals surface area contributed by atoms with Crippen LogP contribution in [-0.2, 0) is 17.8 Å². The zero-order valence-electron chi connectivity index (χ0n) is 20.2. The normalized spacial score (nSPS) is 14.9. The van der Waals surface area contributed by atoms with Crippen LogP contribution in [0.25, 0.3) is 17.0 Å². The summed E-state index contributed by atoms with van der Waals surface area (Å²) in [4.78, 5) is 17.3. The maximum atomic E-state index is 12.9. The number of para-hydroxylation sites is 1. The first-order chi connectivity index (χ1) is 16.6. The van der Waals surface area contributed by atoms with Gasteiger partial charge in [-0.25, -0.2) is 0 Å². The quantitative estimate of drug-likeness (QED) is 0.320. The van der Waals surface area contributed by atoms with E-state index in [2.05, 4.69) is 52.8 Å². The second-order valence-corrected chi connectivity index (χ2v) is 9.19. The van der Waals surface area contributed by atoms with Gasteiger partial charge in [-0.3, -0.25) is 9.69 Å². The highest BCUT2D eigenvalue weighted by atomic mass is 35.5. The van der Waals surface area contributed by atoms with Crippen LogP contribution in [0.3, 0.4) is 0 Å². The van der Waals surface area contributed by atoms with Crippen molar-refractivity contribution in [2.45, 2.75) is 26.3 Å². The summed E-state index contributed by atoms with van der Waals surface area (Å²) in [5.74, 6) is 1.62. The molecule has 2 heterocycles. The van der Waals surface area contributed by atoms with Gasteiger partial charge in [0.2, 0.25) is 5.91 Å². The molecular formula is C28H34ClN3O2. The fraction of sp³-hybridized carbons (Fsp3) is 0.393. The Morgan fingerprint density at radius 1 is 1.03 bits per heavy atom. The van der Waals surface area contributed by atoms with Crippen LogP contribution in [0.1, 0.15) is 23.2 Å². The molecule has 3 aromatic rings. The summed E-state index contributed by atoms with van der Waals surface area (Å²) in [6.45, 7) is 7.37. The third kappa shape index (κ3) is 5.65. The van der Waals surface area contributed by atoms with Gasteiger partial charge in [0.1, 0.15) is 5.75 Å². The van der Waals surface area contributed by atoms with Crippen molar-refractivity contribution >= 4 is 34.5 Å². The smallest absolute Gasteiger partial charge is 0.246 e. The number of ether oxygens (including phenoxy) is 1. The van der Waals surface area contributed by atoms with E-state index in [1.165, 1.54) is 22.2 Å². The lowest BCUT2D eigenvalue weighted by molar-refractivity contribution is -0.127. The van der Waals surface area contributed by atoms with Crippen LogP contribution in [0.2, 0.25) is 0 Å². The Balaban J connectivity index is 1.33. The maximum Gasteiger partial charge on any atom is 0.246 e. The van der Waals surface area contributed by atoms with Crippen molar-refractivity contribution in [2.24, 2.45) is 0 Å². The number of hydrogen-bond acceptors (Lipinski definition) is 3. The van der Waals surface area contributed by atoms with E-state index >= 15 is 0 Å². The first-order valence-corrected chi connectivity index (χ1v) is 12.6. The standard InChI is InChI=1S/C28H34ClN3O2/c1-22-25(26-6-3-4-7-27(26)32(22)16-5-15-29)12-13-28(33)31-20-18-30(19-21-31)17-14-23-8-10-24(34-2)11-9-23/h3-4,6-13H,5,14-21H2,1-2H3. The largest absolute Gasteiger partial charge is 0.497 e. The number of amides is 1. The molecular weight excluding hydrogens is 446 g/mol. The number of nitrogens with zero attached hydrogens (tertiary/aromatic N) is 3. The predicted octanol–water partition coefficient (Wildman–Crippen LogP) is 4.99. The molecule has 0 unspecified atom stereocenters. The second-order valence-electron chi connectivity index (χ2n) is 8.81. The third-order valence-corrected chi connectivity index (χ3v) is 7.01. The lowest BCUT2D eigenvalue weighted by atomic mass is 10.1. The summed E-state index contributed by atoms with van der Waals surface area (Å²) in [6, 6.07) is 16.6. The molecule has 0 aliphatic carbocycles. The topological polar surface area (TPSA) is 37.7 Å². The first-order valence-electron chi connectivity index (χ1n) is 12.1. The van der Waals surface area contributed by atoms with Gasteiger partial charge in [0.05, 0.1) is 7.11 Å². The molecule has 2 aromatic carbocycles. The highest BCUT2D eigenvalue weighted by molar-refractivity contribution is 6.17. The minimum atomic E-state index is 0.0896. The number of fused-ring (bicyclic) bond motifs is 1. The molecule has 1 aromatic heterocycles. The summed E-state index contributed by atoms with van der Waals surface area (Å²) in [6.07, 6.45) is 5.66. The van der Waals surface area contributed by atoms with E-state index in [9.17, 15) is 4.79 Å². The summed E-state index contributed by atoms with van der Waals surface area (Å²) < 4.78 is 7.54. The Morgan fingerprint density at radius 3 is 2.47 bits per heavy atom. The Labute approximate surface area is 207 Å². The maximum absolute atomic E-state index is 12.9. The molecule has 0 saturated carbocycles. The van der Waals surface area contributed by atoms with E-state index in [0.29, 0.717) is 5.88 Å². The molecule has 0 bridgehead atoms. The summed E-state index contributed by atoms with van der Waals surface area (Å²) >= 11 is 5.94. The van der Waals surface area contributed by atoms with Crippen LogP contribution < -0.4 is 4.74 Å². The Hall–Kier alpha value is -2.76. The molecule has 6 heteroatoms. The van der Waals surface area contributed by atoms with Crippen molar-refractivity contribution in [3.63, 3.8) is 0 Å². The number of rotatable bonds is 9. The van der Waals surface area contributed by atoms with E-state index in [4.69, 9.17) is 16.3 Å². The van der Waals surface area contributed by atoms with Crippen molar-refractivity contribution in [1.29, 1.82) is 0 Å². The summed E-state index contributed by atoms with van der Waals surface area (Å²) in [5, 5.41) is 1.18. The van der Waals surface area contributed by atoms with Gasteiger partial charge in [-0.2, -0.15) is 0 Å². The van der Waals surface area contributed by atoms with Gasteiger partial charge in [-0.05, 0) is 49.6 Å². The molecule has 1 fully saturated rings. The van der Waals surface area contributed by atoms with Gasteiger partial charge in [0.25, 0.3) is 0 Å². The fourth-order valence-electron chi connectivity index (χ4n) is 4.71. The second kappa shape index (κ2) is 11.6. The zero-order chi connectivity index (χ0) is 23.9. The van der Waals surface area contributed by atoms with E-state index in [-0.39, 0.29) is 5.91 Å². The van der Waals surface area contributed by atoms with Gasteiger partial charge in [0.15, 0.2) is 0 Å². The zero-order valence-corrected chi connectivity index (χ0v) is 20.9. The van der Waals surface area contributed by atoms with Crippen molar-refractivity contribution < 1.29 is 9.53 Å². The van der Waals surface area contributed by atoms with E-state index < -0.39 is 0 Å². The molecule has 5 nitrogen and oxygen atoms in total. The van der Waals surface area contributed by atoms with E-state index in [1.807, 2.05) is 23.1 Å². The van der Waals surface area contributed by atoms with Gasteiger partial charge in [-0.15, -0.1) is 11.6 Å². The minimum absolute atomic E-state index is 0.0896. The highest BCUT2D eigenvalue weighted by Crippen LogP contribution is 2.27. The van der Waals surface area contributed by atoms with Crippen molar-refractivity contribution in [2.75, 3.05) is 45.7 Å². The van der Waals surface area contributed by atoms with Gasteiger partial charge in [0, 0.05) is 73.4 Å². The fourth-order valence-corrected chi connectivity index (χ4v) is 4.82. The highest BCUT2D eigenvalue weighted by Gasteiger charge is 2.20. The minimum Gasteiger partial charge on any atom is -0.497 e. The molecule has 0 spiro atoms. The Kier molecular flexibility index (Phi) is 8.30. The van der Waals surface area contributed by atoms with Crippen LogP contribution in [0, 0.1) is 6.92 Å². The van der Waals surface area contributed by atoms with Crippen LogP contribution in [-0.4, -0.2) is 66.0 Å². The number of alkyl halides is 1. The molecule has 0 atom stereocenters. The molecule has 1 aliphatic heterocycles. The number of benzene rings is 2. The first kappa shape index (κ1) is 24.4. The monoisotopic (exact) mass is 479 g/mol. The number of aromatic nitrogens is 1. The summed E-state index contributed by atoms with van der Waals surface area (Å²) in [5.41, 5.74) is 4.81. The van der Waals surface area contributed by atoms with Crippen LogP contribution in [0.4, 0.5) is 0 Å². The van der Waals surface area contributed by atoms with Crippen LogP contribution >= 0.6 is 11.6 Å². The Bertz CT molecular complexity index is 1130. The number of hydrogen-bond donors (Lipinski definition) is 0. The van der Waals surface area contributed by atoms with Crippen molar-refractivity contribution in [3.05, 3.63) is 71.4 Å². The molecule has 0 radical (unpaired) electrons. The van der Waals surface area contributed by atoms with Crippen molar-refractivity contribution in [3.8, 4) is 5.75 Å². The van der Waals surface area contributed by atoms with Crippen LogP contribution in [0.5, 0.6) is 5.75 Å². The van der Waals surface area contributed by atoms with Crippen LogP contribution in [0.15, 0.2) is 54.6 Å². The Morgan fingerprint density at radius 2 is 1.76 bits per heavy atom. The number of aryl methyl sites for hydroxylation is 1. The summed E-state index contributed by atoms with van der Waals surface area (Å²) in [7, 11) is 1.69. The molecule has 1 aliphatic rings. The molecule has 180 valence electrons. The van der Waals surface area contributed by atoms with Gasteiger partial charge < -0.3 is 14.2 Å². The van der Waals surface area contributed by atoms with Gasteiger partial charge in [-0.1, -0.05) is 30.3 Å². The number of methoxy groups -OCH3 is 1. The molecule has 1 saturated heterocycles. The van der Waals surface area contributed by atoms with Gasteiger partial charge >= 0.3 is 0 Å². The van der Waals surface area contributed by atoms with E-state index in [0.717, 1.165) is 63.4 Å². The number of carbonyl (C=O) groups is 1. The predicted molar refractivity (Wildman–Crippen MR) is 141 cm³/mol. The SMILES string of the molecule is COc1ccc(CCN2CCN(C(=O)C=Cc3c(C)n(CCCCl)c4ccccc34)CC2)cc1. The molecule has 4 rings (SSSR count). The average molecular weight is 480 g/mol. The number of halogens is 1. The lowest BCUT2D eigenvalue weighted by Crippen LogP contribution is -2.48. The average Bonchev–Trinajstić information content (AvgIpc) is 3.15. The molecule has 0 N–H and O–H groups in total.